The van der Waals surface area contributed by atoms with Crippen molar-refractivity contribution in [3.05, 3.63) is 79.6 Å². The van der Waals surface area contributed by atoms with Gasteiger partial charge in [-0.15, -0.1) is 0 Å². The molecule has 0 saturated carbocycles. The van der Waals surface area contributed by atoms with Gasteiger partial charge in [0.1, 0.15) is 0 Å². The van der Waals surface area contributed by atoms with Gasteiger partial charge < -0.3 is 0 Å². The molecule has 3 rings (SSSR count). The summed E-state index contributed by atoms with van der Waals surface area (Å²) in [6, 6.07) is 6.56. The Morgan fingerprint density at radius 2 is 1.73 bits per heavy atom. The van der Waals surface area contributed by atoms with Crippen LogP contribution < -0.4 is 11.2 Å². The number of aromatic nitrogens is 2. The van der Waals surface area contributed by atoms with Crippen molar-refractivity contribution in [3.63, 3.8) is 0 Å². The van der Waals surface area contributed by atoms with Gasteiger partial charge in [-0.25, -0.2) is 4.79 Å². The van der Waals surface area contributed by atoms with E-state index in [2.05, 4.69) is 4.98 Å². The molecule has 1 heterocycles. The molecule has 1 aliphatic rings. The largest absolute Gasteiger partial charge is 0.328 e. The van der Waals surface area contributed by atoms with Gasteiger partial charge in [0.25, 0.3) is 5.56 Å². The second kappa shape index (κ2) is 5.07. The molecule has 6 nitrogen and oxygen atoms in total. The number of H-pyrrole nitrogens is 1. The molecular weight excluding hydrogens is 284 g/mol. The van der Waals surface area contributed by atoms with Gasteiger partial charge >= 0.3 is 5.69 Å². The number of hydrogen-bond acceptors (Lipinski definition) is 4. The Bertz CT molecular complexity index is 947. The molecular formula is C16H12N2O4. The van der Waals surface area contributed by atoms with E-state index in [0.29, 0.717) is 16.7 Å². The zero-order chi connectivity index (χ0) is 15.9. The maximum Gasteiger partial charge on any atom is 0.328 e. The van der Waals surface area contributed by atoms with Crippen LogP contribution in [0.25, 0.3) is 0 Å². The van der Waals surface area contributed by atoms with Crippen molar-refractivity contribution in [1.82, 2.24) is 9.55 Å². The van der Waals surface area contributed by atoms with Crippen LogP contribution in [0.1, 0.15) is 26.3 Å². The summed E-state index contributed by atoms with van der Waals surface area (Å²) >= 11 is 0. The summed E-state index contributed by atoms with van der Waals surface area (Å²) in [6.45, 7) is 1.50. The summed E-state index contributed by atoms with van der Waals surface area (Å²) < 4.78 is 1.21. The Balaban J connectivity index is 2.03. The Morgan fingerprint density at radius 1 is 1.05 bits per heavy atom. The van der Waals surface area contributed by atoms with Crippen LogP contribution in [0, 0.1) is 6.92 Å². The van der Waals surface area contributed by atoms with Gasteiger partial charge in [0, 0.05) is 28.5 Å². The highest BCUT2D eigenvalue weighted by atomic mass is 16.2. The molecule has 0 bridgehead atoms. The number of fused-ring (bicyclic) bond motifs is 1. The number of benzene rings is 1. The van der Waals surface area contributed by atoms with Crippen LogP contribution in [0.5, 0.6) is 0 Å². The minimum absolute atomic E-state index is 0.0602. The zero-order valence-corrected chi connectivity index (χ0v) is 11.8. The van der Waals surface area contributed by atoms with Crippen molar-refractivity contribution in [2.24, 2.45) is 0 Å². The highest BCUT2D eigenvalue weighted by molar-refractivity contribution is 6.24. The smallest absolute Gasteiger partial charge is 0.296 e. The number of rotatable bonds is 2. The van der Waals surface area contributed by atoms with E-state index in [1.54, 1.807) is 31.2 Å². The maximum atomic E-state index is 12.4. The van der Waals surface area contributed by atoms with E-state index in [1.165, 1.54) is 16.8 Å². The molecule has 22 heavy (non-hydrogen) atoms. The van der Waals surface area contributed by atoms with E-state index in [0.717, 1.165) is 0 Å². The van der Waals surface area contributed by atoms with E-state index >= 15 is 0 Å². The Labute approximate surface area is 124 Å². The van der Waals surface area contributed by atoms with Crippen molar-refractivity contribution in [2.45, 2.75) is 13.5 Å². The molecule has 6 heteroatoms. The molecule has 0 unspecified atom stereocenters. The van der Waals surface area contributed by atoms with Gasteiger partial charge in [-0.2, -0.15) is 0 Å². The minimum Gasteiger partial charge on any atom is -0.296 e. The van der Waals surface area contributed by atoms with Gasteiger partial charge in [0.2, 0.25) is 0 Å². The monoisotopic (exact) mass is 296 g/mol. The van der Waals surface area contributed by atoms with Crippen LogP contribution in [0.3, 0.4) is 0 Å². The SMILES string of the molecule is Cc1cn(CC2=CC(=O)c3ccccc3C2=O)c(=O)[nH]c1=O. The number of aromatic amines is 1. The number of allylic oxidation sites excluding steroid dienone is 2. The lowest BCUT2D eigenvalue weighted by Crippen LogP contribution is -2.32. The van der Waals surface area contributed by atoms with Crippen LogP contribution in [0.2, 0.25) is 0 Å². The average molecular weight is 296 g/mol. The van der Waals surface area contributed by atoms with Gasteiger partial charge in [-0.1, -0.05) is 24.3 Å². The number of Topliss-reactive ketones (excluding diaryl/α,β-unsaturated/α-hetero) is 1. The molecule has 0 atom stereocenters. The molecule has 0 amide bonds. The highest BCUT2D eigenvalue weighted by Crippen LogP contribution is 2.21. The molecule has 1 N–H and O–H groups in total. The van der Waals surface area contributed by atoms with Gasteiger partial charge in [0.15, 0.2) is 11.6 Å². The first-order valence-corrected chi connectivity index (χ1v) is 6.66. The number of nitrogens with zero attached hydrogens (tertiary/aromatic N) is 1. The number of carbonyl (C=O) groups excluding carboxylic acids is 2. The van der Waals surface area contributed by atoms with Gasteiger partial charge in [0.05, 0.1) is 6.54 Å². The van der Waals surface area contributed by atoms with Crippen LogP contribution in [-0.4, -0.2) is 21.1 Å². The van der Waals surface area contributed by atoms with Crippen molar-refractivity contribution in [2.75, 3.05) is 0 Å². The van der Waals surface area contributed by atoms with E-state index in [4.69, 9.17) is 0 Å². The Morgan fingerprint density at radius 3 is 2.45 bits per heavy atom. The molecule has 2 aromatic rings. The van der Waals surface area contributed by atoms with Crippen LogP contribution >= 0.6 is 0 Å². The standard InChI is InChI=1S/C16H12N2O4/c1-9-7-18(16(22)17-15(9)21)8-10-6-13(19)11-4-2-3-5-12(11)14(10)20/h2-7H,8H2,1H3,(H,17,21,22). The fraction of sp³-hybridized carbons (Fsp3) is 0.125. The molecule has 0 aliphatic heterocycles. The molecule has 110 valence electrons. The van der Waals surface area contributed by atoms with Gasteiger partial charge in [-0.3, -0.25) is 23.9 Å². The molecule has 0 radical (unpaired) electrons. The highest BCUT2D eigenvalue weighted by Gasteiger charge is 2.25. The van der Waals surface area contributed by atoms with Gasteiger partial charge in [-0.05, 0) is 13.0 Å². The molecule has 1 aromatic heterocycles. The first-order chi connectivity index (χ1) is 10.5. The second-order valence-electron chi connectivity index (χ2n) is 5.11. The van der Waals surface area contributed by atoms with E-state index in [9.17, 15) is 19.2 Å². The quantitative estimate of drug-likeness (QED) is 0.889. The summed E-state index contributed by atoms with van der Waals surface area (Å²) in [5, 5.41) is 0. The van der Waals surface area contributed by atoms with Crippen LogP contribution in [0.15, 0.2) is 51.7 Å². The third-order valence-electron chi connectivity index (χ3n) is 3.56. The predicted molar refractivity (Wildman–Crippen MR) is 79.2 cm³/mol. The predicted octanol–water partition coefficient (Wildman–Crippen LogP) is 0.851. The second-order valence-corrected chi connectivity index (χ2v) is 5.11. The van der Waals surface area contributed by atoms with Crippen molar-refractivity contribution < 1.29 is 9.59 Å². The first-order valence-electron chi connectivity index (χ1n) is 6.66. The third kappa shape index (κ3) is 2.24. The normalized spacial score (nSPS) is 13.8. The summed E-state index contributed by atoms with van der Waals surface area (Å²) in [5.41, 5.74) is 0.190. The van der Waals surface area contributed by atoms with E-state index < -0.39 is 11.2 Å². The molecule has 1 aliphatic carbocycles. The molecule has 0 saturated heterocycles. The van der Waals surface area contributed by atoms with Crippen LogP contribution in [-0.2, 0) is 6.54 Å². The molecule has 1 aromatic carbocycles. The number of hydrogen-bond donors (Lipinski definition) is 1. The van der Waals surface area contributed by atoms with E-state index in [1.807, 2.05) is 0 Å². The zero-order valence-electron chi connectivity index (χ0n) is 11.8. The van der Waals surface area contributed by atoms with E-state index in [-0.39, 0.29) is 23.7 Å². The van der Waals surface area contributed by atoms with Crippen LogP contribution in [0.4, 0.5) is 0 Å². The number of nitrogens with one attached hydrogen (secondary N) is 1. The first kappa shape index (κ1) is 13.9. The fourth-order valence-corrected chi connectivity index (χ4v) is 2.41. The topological polar surface area (TPSA) is 89.0 Å². The minimum atomic E-state index is -0.615. The average Bonchev–Trinajstić information content (AvgIpc) is 2.50. The van der Waals surface area contributed by atoms with Crippen molar-refractivity contribution >= 4 is 11.6 Å². The Kier molecular flexibility index (Phi) is 3.21. The van der Waals surface area contributed by atoms with Crippen molar-refractivity contribution in [1.29, 1.82) is 0 Å². The number of ketones is 2. The Hall–Kier alpha value is -3.02. The lowest BCUT2D eigenvalue weighted by molar-refractivity contribution is 0.0980. The fourth-order valence-electron chi connectivity index (χ4n) is 2.41. The number of carbonyl (C=O) groups is 2. The lowest BCUT2D eigenvalue weighted by Gasteiger charge is -2.15. The maximum absolute atomic E-state index is 12.4. The molecule has 0 fully saturated rings. The summed E-state index contributed by atoms with van der Waals surface area (Å²) in [4.78, 5) is 49.8. The summed E-state index contributed by atoms with van der Waals surface area (Å²) in [7, 11) is 0. The molecule has 0 spiro atoms. The van der Waals surface area contributed by atoms with Crippen molar-refractivity contribution in [3.8, 4) is 0 Å². The number of aryl methyl sites for hydroxylation is 1. The summed E-state index contributed by atoms with van der Waals surface area (Å²) in [5.74, 6) is -0.551. The lowest BCUT2D eigenvalue weighted by atomic mass is 9.89. The summed E-state index contributed by atoms with van der Waals surface area (Å²) in [6.07, 6.45) is 2.62. The third-order valence-corrected chi connectivity index (χ3v) is 3.56.